The highest BCUT2D eigenvalue weighted by molar-refractivity contribution is 9.10. The van der Waals surface area contributed by atoms with Crippen molar-refractivity contribution in [1.82, 2.24) is 4.98 Å². The van der Waals surface area contributed by atoms with Gasteiger partial charge in [-0.2, -0.15) is 0 Å². The van der Waals surface area contributed by atoms with E-state index in [1.54, 1.807) is 12.3 Å². The van der Waals surface area contributed by atoms with Crippen LogP contribution < -0.4 is 0 Å². The van der Waals surface area contributed by atoms with E-state index in [-0.39, 0.29) is 0 Å². The molecule has 0 saturated carbocycles. The van der Waals surface area contributed by atoms with E-state index in [1.165, 1.54) is 0 Å². The summed E-state index contributed by atoms with van der Waals surface area (Å²) in [4.78, 5) is 4.30. The fraction of sp³-hybridized carbons (Fsp3) is 0.214. The molecule has 1 aromatic carbocycles. The zero-order valence-electron chi connectivity index (χ0n) is 9.90. The number of hydrogen-bond donors (Lipinski definition) is 1. The van der Waals surface area contributed by atoms with Crippen molar-refractivity contribution in [3.63, 3.8) is 0 Å². The molecule has 0 fully saturated rings. The number of aliphatic hydroxyl groups excluding tert-OH is 1. The number of benzene rings is 1. The molecule has 1 N–H and O–H groups in total. The molecular weight excluding hydrogens is 314 g/mol. The van der Waals surface area contributed by atoms with Crippen molar-refractivity contribution in [1.29, 1.82) is 0 Å². The summed E-state index contributed by atoms with van der Waals surface area (Å²) in [5.41, 5.74) is 2.39. The Bertz CT molecular complexity index is 559. The Morgan fingerprint density at radius 3 is 2.67 bits per heavy atom. The van der Waals surface area contributed by atoms with Gasteiger partial charge in [0.25, 0.3) is 0 Å². The van der Waals surface area contributed by atoms with Gasteiger partial charge in [-0.05, 0) is 18.6 Å². The third-order valence-electron chi connectivity index (χ3n) is 2.80. The fourth-order valence-electron chi connectivity index (χ4n) is 1.74. The maximum atomic E-state index is 10.4. The van der Waals surface area contributed by atoms with Crippen molar-refractivity contribution < 1.29 is 5.11 Å². The van der Waals surface area contributed by atoms with Crippen LogP contribution in [0.4, 0.5) is 0 Å². The van der Waals surface area contributed by atoms with E-state index in [2.05, 4.69) is 20.9 Å². The monoisotopic (exact) mass is 325 g/mol. The van der Waals surface area contributed by atoms with E-state index < -0.39 is 6.10 Å². The van der Waals surface area contributed by atoms with Crippen LogP contribution >= 0.6 is 27.5 Å². The molecule has 18 heavy (non-hydrogen) atoms. The average molecular weight is 327 g/mol. The zero-order chi connectivity index (χ0) is 13.1. The van der Waals surface area contributed by atoms with Crippen molar-refractivity contribution in [2.75, 3.05) is 0 Å². The largest absolute Gasteiger partial charge is 0.384 e. The van der Waals surface area contributed by atoms with Crippen LogP contribution in [0.1, 0.15) is 29.8 Å². The number of aryl methyl sites for hydroxylation is 1. The van der Waals surface area contributed by atoms with Gasteiger partial charge >= 0.3 is 0 Å². The molecule has 0 spiro atoms. The quantitative estimate of drug-likeness (QED) is 0.919. The number of rotatable bonds is 3. The summed E-state index contributed by atoms with van der Waals surface area (Å²) in [5.74, 6) is 0. The summed E-state index contributed by atoms with van der Waals surface area (Å²) in [7, 11) is 0. The molecular formula is C14H13BrClNO. The minimum absolute atomic E-state index is 0.552. The van der Waals surface area contributed by atoms with Gasteiger partial charge in [-0.3, -0.25) is 4.98 Å². The van der Waals surface area contributed by atoms with Gasteiger partial charge in [0.15, 0.2) is 0 Å². The molecule has 1 heterocycles. The Morgan fingerprint density at radius 2 is 2.06 bits per heavy atom. The SMILES string of the molecule is CCc1cc(Br)c(C(O)c2ccccc2Cl)cn1. The maximum Gasteiger partial charge on any atom is 0.108 e. The number of pyridine rings is 1. The fourth-order valence-corrected chi connectivity index (χ4v) is 2.56. The highest BCUT2D eigenvalue weighted by atomic mass is 79.9. The molecule has 1 unspecified atom stereocenters. The van der Waals surface area contributed by atoms with E-state index >= 15 is 0 Å². The van der Waals surface area contributed by atoms with Crippen molar-refractivity contribution in [3.8, 4) is 0 Å². The second kappa shape index (κ2) is 5.83. The van der Waals surface area contributed by atoms with Gasteiger partial charge in [0.1, 0.15) is 6.10 Å². The van der Waals surface area contributed by atoms with Crippen LogP contribution in [0.2, 0.25) is 5.02 Å². The molecule has 0 bridgehead atoms. The maximum absolute atomic E-state index is 10.4. The normalized spacial score (nSPS) is 12.4. The van der Waals surface area contributed by atoms with Crippen molar-refractivity contribution in [2.45, 2.75) is 19.4 Å². The predicted molar refractivity (Wildman–Crippen MR) is 76.8 cm³/mol. The van der Waals surface area contributed by atoms with Gasteiger partial charge < -0.3 is 5.11 Å². The van der Waals surface area contributed by atoms with Gasteiger partial charge in [-0.15, -0.1) is 0 Å². The van der Waals surface area contributed by atoms with Crippen LogP contribution in [0.5, 0.6) is 0 Å². The van der Waals surface area contributed by atoms with E-state index in [0.717, 1.165) is 22.2 Å². The Labute approximate surface area is 120 Å². The lowest BCUT2D eigenvalue weighted by molar-refractivity contribution is 0.219. The number of aromatic nitrogens is 1. The topological polar surface area (TPSA) is 33.1 Å². The summed E-state index contributed by atoms with van der Waals surface area (Å²) in [5, 5.41) is 10.9. The smallest absolute Gasteiger partial charge is 0.108 e. The van der Waals surface area contributed by atoms with Crippen LogP contribution in [-0.4, -0.2) is 10.1 Å². The Hall–Kier alpha value is -0.900. The van der Waals surface area contributed by atoms with Gasteiger partial charge in [0.2, 0.25) is 0 Å². The number of aliphatic hydroxyl groups is 1. The first kappa shape index (κ1) is 13.5. The molecule has 1 aromatic heterocycles. The van der Waals surface area contributed by atoms with Gasteiger partial charge in [-0.1, -0.05) is 52.7 Å². The third-order valence-corrected chi connectivity index (χ3v) is 3.83. The van der Waals surface area contributed by atoms with Gasteiger partial charge in [0.05, 0.1) is 0 Å². The molecule has 4 heteroatoms. The van der Waals surface area contributed by atoms with Crippen molar-refractivity contribution in [2.24, 2.45) is 0 Å². The van der Waals surface area contributed by atoms with Crippen LogP contribution in [0.3, 0.4) is 0 Å². The molecule has 0 radical (unpaired) electrons. The number of nitrogens with zero attached hydrogens (tertiary/aromatic N) is 1. The molecule has 2 rings (SSSR count). The Morgan fingerprint density at radius 1 is 1.33 bits per heavy atom. The molecule has 1 atom stereocenters. The molecule has 94 valence electrons. The van der Waals surface area contributed by atoms with E-state index in [4.69, 9.17) is 11.6 Å². The number of halogens is 2. The summed E-state index contributed by atoms with van der Waals surface area (Å²) < 4.78 is 0.849. The molecule has 2 aromatic rings. The first-order chi connectivity index (χ1) is 8.63. The lowest BCUT2D eigenvalue weighted by Gasteiger charge is -2.14. The highest BCUT2D eigenvalue weighted by Crippen LogP contribution is 2.32. The highest BCUT2D eigenvalue weighted by Gasteiger charge is 2.16. The molecule has 0 aliphatic rings. The standard InChI is InChI=1S/C14H13BrClNO/c1-2-9-7-12(15)11(8-17-9)14(18)10-5-3-4-6-13(10)16/h3-8,14,18H,2H2,1H3. The summed E-state index contributed by atoms with van der Waals surface area (Å²) in [6.07, 6.45) is 1.78. The van der Waals surface area contributed by atoms with Crippen molar-refractivity contribution in [3.05, 3.63) is 62.8 Å². The van der Waals surface area contributed by atoms with E-state index in [9.17, 15) is 5.11 Å². The first-order valence-electron chi connectivity index (χ1n) is 5.70. The summed E-state index contributed by atoms with van der Waals surface area (Å²) in [6, 6.07) is 9.20. The molecule has 0 saturated heterocycles. The Kier molecular flexibility index (Phi) is 4.38. The predicted octanol–water partition coefficient (Wildman–Crippen LogP) is 4.14. The van der Waals surface area contributed by atoms with E-state index in [1.807, 2.05) is 31.2 Å². The minimum Gasteiger partial charge on any atom is -0.384 e. The van der Waals surface area contributed by atoms with Gasteiger partial charge in [-0.25, -0.2) is 0 Å². The van der Waals surface area contributed by atoms with Crippen LogP contribution in [0.15, 0.2) is 41.0 Å². The number of hydrogen-bond acceptors (Lipinski definition) is 2. The third kappa shape index (κ3) is 2.74. The second-order valence-electron chi connectivity index (χ2n) is 3.97. The van der Waals surface area contributed by atoms with Crippen LogP contribution in [0, 0.1) is 0 Å². The summed E-state index contributed by atoms with van der Waals surface area (Å²) >= 11 is 9.55. The molecule has 0 aliphatic heterocycles. The first-order valence-corrected chi connectivity index (χ1v) is 6.87. The van der Waals surface area contributed by atoms with Crippen LogP contribution in [0.25, 0.3) is 0 Å². The van der Waals surface area contributed by atoms with Crippen LogP contribution in [-0.2, 0) is 6.42 Å². The summed E-state index contributed by atoms with van der Waals surface area (Å²) in [6.45, 7) is 2.04. The van der Waals surface area contributed by atoms with Crippen molar-refractivity contribution >= 4 is 27.5 Å². The minimum atomic E-state index is -0.772. The Balaban J connectivity index is 2.40. The molecule has 0 amide bonds. The van der Waals surface area contributed by atoms with Gasteiger partial charge in [0, 0.05) is 32.5 Å². The lowest BCUT2D eigenvalue weighted by Crippen LogP contribution is -2.03. The zero-order valence-corrected chi connectivity index (χ0v) is 12.2. The second-order valence-corrected chi connectivity index (χ2v) is 5.24. The van der Waals surface area contributed by atoms with E-state index in [0.29, 0.717) is 10.6 Å². The lowest BCUT2D eigenvalue weighted by atomic mass is 10.0. The molecule has 2 nitrogen and oxygen atoms in total. The molecule has 0 aliphatic carbocycles. The average Bonchev–Trinajstić information content (AvgIpc) is 2.38.